The van der Waals surface area contributed by atoms with Gasteiger partial charge in [0.15, 0.2) is 6.79 Å². The van der Waals surface area contributed by atoms with Crippen LogP contribution in [0.4, 0.5) is 0 Å². The quantitative estimate of drug-likeness (QED) is 0.594. The maximum Gasteiger partial charge on any atom is 0.235 e. The first-order valence-corrected chi connectivity index (χ1v) is 6.27. The predicted octanol–water partition coefficient (Wildman–Crippen LogP) is 2.66. The molecule has 94 valence electrons. The predicted molar refractivity (Wildman–Crippen MR) is 65.0 cm³/mol. The number of nitrogens with zero attached hydrogens (tertiary/aromatic N) is 1. The van der Waals surface area contributed by atoms with Crippen molar-refractivity contribution in [1.82, 2.24) is 0 Å². The number of fused-ring (bicyclic) bond motifs is 1. The molecule has 0 aromatic heterocycles. The lowest BCUT2D eigenvalue weighted by Gasteiger charge is -2.25. The van der Waals surface area contributed by atoms with Crippen LogP contribution < -0.4 is 4.74 Å². The van der Waals surface area contributed by atoms with Gasteiger partial charge in [-0.15, -0.1) is 0 Å². The first-order valence-electron chi connectivity index (χ1n) is 6.27. The van der Waals surface area contributed by atoms with Crippen molar-refractivity contribution in [3.63, 3.8) is 0 Å². The molecule has 1 aliphatic heterocycles. The van der Waals surface area contributed by atoms with Crippen LogP contribution in [0.25, 0.3) is 0 Å². The third kappa shape index (κ3) is 1.84. The van der Waals surface area contributed by atoms with E-state index in [1.807, 2.05) is 12.1 Å². The zero-order valence-electron chi connectivity index (χ0n) is 10.1. The van der Waals surface area contributed by atoms with E-state index in [1.165, 1.54) is 0 Å². The van der Waals surface area contributed by atoms with E-state index in [1.54, 1.807) is 6.08 Å². The Morgan fingerprint density at radius 1 is 1.28 bits per heavy atom. The summed E-state index contributed by atoms with van der Waals surface area (Å²) in [7, 11) is 0. The van der Waals surface area contributed by atoms with Crippen LogP contribution >= 0.6 is 0 Å². The zero-order valence-corrected chi connectivity index (χ0v) is 10.1. The van der Waals surface area contributed by atoms with E-state index in [2.05, 4.69) is 11.1 Å². The fourth-order valence-electron chi connectivity index (χ4n) is 2.89. The summed E-state index contributed by atoms with van der Waals surface area (Å²) in [6.45, 7) is 0.869. The van der Waals surface area contributed by atoms with Crippen LogP contribution in [0, 0.1) is 0 Å². The Kier molecular flexibility index (Phi) is 2.90. The number of aliphatic imine (C=N–C) groups is 1. The zero-order chi connectivity index (χ0) is 12.4. The number of benzene rings is 1. The molecule has 2 aliphatic rings. The Bertz CT molecular complexity index is 500. The Morgan fingerprint density at radius 2 is 2.11 bits per heavy atom. The highest BCUT2D eigenvalue weighted by Gasteiger charge is 2.36. The van der Waals surface area contributed by atoms with Crippen LogP contribution in [0.3, 0.4) is 0 Å². The molecule has 1 aromatic carbocycles. The molecule has 0 radical (unpaired) electrons. The summed E-state index contributed by atoms with van der Waals surface area (Å²) in [5.74, 6) is 0.869. The van der Waals surface area contributed by atoms with Gasteiger partial charge >= 0.3 is 0 Å². The lowest BCUT2D eigenvalue weighted by molar-refractivity contribution is -0.0164. The first-order chi connectivity index (χ1) is 8.84. The van der Waals surface area contributed by atoms with Crippen LogP contribution in [-0.4, -0.2) is 12.9 Å². The summed E-state index contributed by atoms with van der Waals surface area (Å²) in [4.78, 5) is 14.8. The van der Waals surface area contributed by atoms with E-state index in [4.69, 9.17) is 9.47 Å². The Hall–Kier alpha value is -1.64. The Balaban J connectivity index is 2.02. The van der Waals surface area contributed by atoms with E-state index >= 15 is 0 Å². The second-order valence-corrected chi connectivity index (χ2v) is 4.87. The van der Waals surface area contributed by atoms with Crippen molar-refractivity contribution in [3.05, 3.63) is 29.3 Å². The van der Waals surface area contributed by atoms with Gasteiger partial charge in [0.25, 0.3) is 0 Å². The van der Waals surface area contributed by atoms with E-state index in [0.29, 0.717) is 13.4 Å². The average molecular weight is 245 g/mol. The first kappa shape index (κ1) is 11.5. The van der Waals surface area contributed by atoms with Gasteiger partial charge in [0.2, 0.25) is 6.08 Å². The number of rotatable bonds is 2. The van der Waals surface area contributed by atoms with E-state index in [9.17, 15) is 4.79 Å². The molecular weight excluding hydrogens is 230 g/mol. The number of hydrogen-bond acceptors (Lipinski definition) is 4. The summed E-state index contributed by atoms with van der Waals surface area (Å²) in [6, 6.07) is 6.02. The van der Waals surface area contributed by atoms with Gasteiger partial charge in [0.05, 0.1) is 12.1 Å². The molecule has 1 heterocycles. The van der Waals surface area contributed by atoms with Gasteiger partial charge in [-0.1, -0.05) is 18.9 Å². The summed E-state index contributed by atoms with van der Waals surface area (Å²) >= 11 is 0. The molecule has 1 aliphatic carbocycles. The van der Waals surface area contributed by atoms with Crippen molar-refractivity contribution in [2.24, 2.45) is 4.99 Å². The van der Waals surface area contributed by atoms with Crippen molar-refractivity contribution in [3.8, 4) is 5.75 Å². The summed E-state index contributed by atoms with van der Waals surface area (Å²) in [5.41, 5.74) is 1.75. The molecule has 1 saturated carbocycles. The highest BCUT2D eigenvalue weighted by atomic mass is 16.7. The molecule has 1 aromatic rings. The van der Waals surface area contributed by atoms with E-state index in [0.717, 1.165) is 42.6 Å². The monoisotopic (exact) mass is 245 g/mol. The largest absolute Gasteiger partial charge is 0.467 e. The normalized spacial score (nSPS) is 20.7. The number of isocyanates is 1. The molecule has 0 N–H and O–H groups in total. The summed E-state index contributed by atoms with van der Waals surface area (Å²) in [6.07, 6.45) is 5.79. The minimum absolute atomic E-state index is 0.310. The van der Waals surface area contributed by atoms with Crippen LogP contribution in [0.2, 0.25) is 0 Å². The molecule has 0 atom stereocenters. The molecule has 0 bridgehead atoms. The molecule has 0 spiro atoms. The van der Waals surface area contributed by atoms with Crippen LogP contribution in [0.1, 0.15) is 36.8 Å². The standard InChI is InChI=1S/C14H15NO3/c16-9-15-14(5-1-2-6-14)12-3-4-13-11(7-12)8-17-10-18-13/h3-4,7H,1-2,5-6,8,10H2. The Morgan fingerprint density at radius 3 is 2.89 bits per heavy atom. The SMILES string of the molecule is O=C=NC1(c2ccc3c(c2)COCO3)CCCC1. The van der Waals surface area contributed by atoms with Gasteiger partial charge in [0, 0.05) is 5.56 Å². The van der Waals surface area contributed by atoms with Gasteiger partial charge in [-0.05, 0) is 30.5 Å². The number of ether oxygens (including phenoxy) is 2. The number of hydrogen-bond donors (Lipinski definition) is 0. The average Bonchev–Trinajstić information content (AvgIpc) is 2.88. The van der Waals surface area contributed by atoms with E-state index in [-0.39, 0.29) is 5.54 Å². The molecule has 18 heavy (non-hydrogen) atoms. The molecule has 3 rings (SSSR count). The molecule has 0 amide bonds. The molecular formula is C14H15NO3. The minimum atomic E-state index is -0.367. The van der Waals surface area contributed by atoms with Crippen LogP contribution in [-0.2, 0) is 21.7 Å². The van der Waals surface area contributed by atoms with Crippen molar-refractivity contribution in [2.75, 3.05) is 6.79 Å². The molecule has 4 nitrogen and oxygen atoms in total. The highest BCUT2D eigenvalue weighted by molar-refractivity contribution is 5.43. The van der Waals surface area contributed by atoms with Gasteiger partial charge in [-0.3, -0.25) is 0 Å². The highest BCUT2D eigenvalue weighted by Crippen LogP contribution is 2.43. The fraction of sp³-hybridized carbons (Fsp3) is 0.500. The molecule has 1 fully saturated rings. The maximum absolute atomic E-state index is 10.7. The lowest BCUT2D eigenvalue weighted by Crippen LogP contribution is -2.20. The maximum atomic E-state index is 10.7. The summed E-state index contributed by atoms with van der Waals surface area (Å²) < 4.78 is 10.7. The van der Waals surface area contributed by atoms with Crippen LogP contribution in [0.15, 0.2) is 23.2 Å². The third-order valence-electron chi connectivity index (χ3n) is 3.84. The summed E-state index contributed by atoms with van der Waals surface area (Å²) in [5, 5.41) is 0. The van der Waals surface area contributed by atoms with Gasteiger partial charge in [0.1, 0.15) is 5.75 Å². The van der Waals surface area contributed by atoms with Gasteiger partial charge in [-0.2, -0.15) is 4.99 Å². The second-order valence-electron chi connectivity index (χ2n) is 4.87. The molecule has 4 heteroatoms. The minimum Gasteiger partial charge on any atom is -0.467 e. The Labute approximate surface area is 106 Å². The van der Waals surface area contributed by atoms with Crippen LogP contribution in [0.5, 0.6) is 5.75 Å². The third-order valence-corrected chi connectivity index (χ3v) is 3.84. The topological polar surface area (TPSA) is 47.9 Å². The molecule has 0 unspecified atom stereocenters. The van der Waals surface area contributed by atoms with Crippen molar-refractivity contribution in [1.29, 1.82) is 0 Å². The smallest absolute Gasteiger partial charge is 0.235 e. The molecule has 0 saturated heterocycles. The van der Waals surface area contributed by atoms with Gasteiger partial charge in [-0.25, -0.2) is 4.79 Å². The van der Waals surface area contributed by atoms with Crippen molar-refractivity contribution < 1.29 is 14.3 Å². The van der Waals surface area contributed by atoms with Gasteiger partial charge < -0.3 is 9.47 Å². The fourth-order valence-corrected chi connectivity index (χ4v) is 2.89. The van der Waals surface area contributed by atoms with E-state index < -0.39 is 0 Å². The number of carbonyl (C=O) groups excluding carboxylic acids is 1. The van der Waals surface area contributed by atoms with Crippen molar-refractivity contribution >= 4 is 6.08 Å². The lowest BCUT2D eigenvalue weighted by atomic mass is 9.88. The van der Waals surface area contributed by atoms with Crippen molar-refractivity contribution in [2.45, 2.75) is 37.8 Å². The second kappa shape index (κ2) is 4.56.